The molecule has 0 saturated heterocycles. The number of hydrogen-bond acceptors (Lipinski definition) is 5. The average molecular weight is 518 g/mol. The number of amides is 1. The highest BCUT2D eigenvalue weighted by Crippen LogP contribution is 2.23. The predicted octanol–water partition coefficient (Wildman–Crippen LogP) is 4.43. The van der Waals surface area contributed by atoms with E-state index >= 15 is 0 Å². The van der Waals surface area contributed by atoms with Crippen molar-refractivity contribution in [3.63, 3.8) is 0 Å². The van der Waals surface area contributed by atoms with Gasteiger partial charge in [0.25, 0.3) is 5.91 Å². The number of aryl methyl sites for hydroxylation is 3. The number of aromatic nitrogens is 1. The maximum atomic E-state index is 12.7. The third-order valence-electron chi connectivity index (χ3n) is 5.91. The number of benzene rings is 1. The molecule has 1 amide bonds. The first-order valence-electron chi connectivity index (χ1n) is 11.5. The number of anilines is 1. The van der Waals surface area contributed by atoms with Gasteiger partial charge in [-0.05, 0) is 74.8 Å². The smallest absolute Gasteiger partial charge is 0.326 e. The van der Waals surface area contributed by atoms with Crippen molar-refractivity contribution in [1.82, 2.24) is 10.3 Å². The molecule has 0 saturated carbocycles. The molecule has 1 atom stereocenters. The summed E-state index contributed by atoms with van der Waals surface area (Å²) in [5.74, 6) is -0.430. The number of carbonyl (C=O) groups is 2. The molecular weight excluding hydrogens is 486 g/mol. The summed E-state index contributed by atoms with van der Waals surface area (Å²) in [4.78, 5) is 29.0. The van der Waals surface area contributed by atoms with Crippen LogP contribution in [0.4, 0.5) is 5.82 Å². The van der Waals surface area contributed by atoms with Crippen LogP contribution in [0.3, 0.4) is 0 Å². The summed E-state index contributed by atoms with van der Waals surface area (Å²) < 4.78 is 6.46. The van der Waals surface area contributed by atoms with Crippen LogP contribution >= 0.6 is 15.9 Å². The van der Waals surface area contributed by atoms with Crippen LogP contribution < -0.4 is 10.6 Å². The normalized spacial score (nSPS) is 13.7. The molecule has 1 unspecified atom stereocenters. The average Bonchev–Trinajstić information content (AvgIpc) is 2.80. The lowest BCUT2D eigenvalue weighted by molar-refractivity contribution is -0.139. The van der Waals surface area contributed by atoms with Gasteiger partial charge in [0, 0.05) is 41.9 Å². The Morgan fingerprint density at radius 2 is 2.03 bits per heavy atom. The number of pyridine rings is 1. The number of rotatable bonds is 11. The van der Waals surface area contributed by atoms with E-state index in [-0.39, 0.29) is 18.9 Å². The van der Waals surface area contributed by atoms with Crippen LogP contribution in [0, 0.1) is 13.8 Å². The number of ether oxygens (including phenoxy) is 1. The molecule has 1 aromatic carbocycles. The number of unbranched alkanes of at least 4 members (excludes halogenated alkanes) is 1. The molecule has 33 heavy (non-hydrogen) atoms. The highest BCUT2D eigenvalue weighted by molar-refractivity contribution is 9.10. The van der Waals surface area contributed by atoms with Crippen molar-refractivity contribution in [1.29, 1.82) is 0 Å². The van der Waals surface area contributed by atoms with E-state index in [0.29, 0.717) is 12.2 Å². The molecule has 0 spiro atoms. The van der Waals surface area contributed by atoms with Crippen LogP contribution in [-0.4, -0.2) is 47.8 Å². The van der Waals surface area contributed by atoms with E-state index in [4.69, 9.17) is 9.72 Å². The number of halogens is 1. The summed E-state index contributed by atoms with van der Waals surface area (Å²) >= 11 is 3.42. The van der Waals surface area contributed by atoms with E-state index in [1.54, 1.807) is 0 Å². The number of fused-ring (bicyclic) bond motifs is 1. The molecule has 0 bridgehead atoms. The first-order valence-corrected chi connectivity index (χ1v) is 12.3. The zero-order chi connectivity index (χ0) is 23.8. The van der Waals surface area contributed by atoms with Crippen molar-refractivity contribution in [3.8, 4) is 0 Å². The molecule has 1 aromatic heterocycles. The summed E-state index contributed by atoms with van der Waals surface area (Å²) in [7, 11) is 0. The van der Waals surface area contributed by atoms with Crippen LogP contribution in [0.15, 0.2) is 28.7 Å². The van der Waals surface area contributed by atoms with Gasteiger partial charge < -0.3 is 20.5 Å². The minimum Gasteiger partial charge on any atom is -0.480 e. The lowest BCUT2D eigenvalue weighted by atomic mass is 10.0. The molecule has 3 rings (SSSR count). The second-order valence-electron chi connectivity index (χ2n) is 8.43. The predicted molar refractivity (Wildman–Crippen MR) is 132 cm³/mol. The minimum atomic E-state index is -1.07. The number of carbonyl (C=O) groups excluding carboxylic acids is 1. The van der Waals surface area contributed by atoms with Crippen molar-refractivity contribution < 1.29 is 19.4 Å². The number of nitrogens with zero attached hydrogens (tertiary/aromatic N) is 1. The molecule has 178 valence electrons. The van der Waals surface area contributed by atoms with Crippen molar-refractivity contribution in [2.45, 2.75) is 58.4 Å². The Labute approximate surface area is 203 Å². The van der Waals surface area contributed by atoms with Gasteiger partial charge in [0.1, 0.15) is 11.9 Å². The number of carboxylic acid groups (broad SMARTS) is 1. The standard InChI is InChI=1S/C25H32BrN3O4/c1-16-8-11-20(26)17(2)22(16)24(30)29-21(25(31)32)12-15-33-14-4-3-7-19-10-9-18-6-5-13-27-23(18)28-19/h8-11,21H,3-7,12-15H2,1-2H3,(H,27,28)(H,29,30)(H,31,32). The van der Waals surface area contributed by atoms with Gasteiger partial charge in [-0.15, -0.1) is 0 Å². The molecule has 3 N–H and O–H groups in total. The molecule has 1 aliphatic heterocycles. The summed E-state index contributed by atoms with van der Waals surface area (Å²) in [6, 6.07) is 6.98. The number of nitrogens with one attached hydrogen (secondary N) is 2. The summed E-state index contributed by atoms with van der Waals surface area (Å²) in [6.07, 6.45) is 5.16. The summed E-state index contributed by atoms with van der Waals surface area (Å²) in [5, 5.41) is 15.5. The van der Waals surface area contributed by atoms with Crippen LogP contribution in [-0.2, 0) is 22.4 Å². The lowest BCUT2D eigenvalue weighted by Crippen LogP contribution is -2.42. The molecule has 1 aliphatic rings. The Hall–Kier alpha value is -2.45. The first-order chi connectivity index (χ1) is 15.9. The number of carboxylic acids is 1. The molecule has 2 aromatic rings. The third-order valence-corrected chi connectivity index (χ3v) is 6.77. The van der Waals surface area contributed by atoms with Gasteiger partial charge in [0.05, 0.1) is 0 Å². The quantitative estimate of drug-likeness (QED) is 0.381. The van der Waals surface area contributed by atoms with E-state index in [1.165, 1.54) is 5.56 Å². The second kappa shape index (κ2) is 12.1. The Kier molecular flexibility index (Phi) is 9.26. The van der Waals surface area contributed by atoms with E-state index in [1.807, 2.05) is 26.0 Å². The molecule has 8 heteroatoms. The Morgan fingerprint density at radius 3 is 2.82 bits per heavy atom. The monoisotopic (exact) mass is 517 g/mol. The fraction of sp³-hybridized carbons (Fsp3) is 0.480. The molecule has 7 nitrogen and oxygen atoms in total. The van der Waals surface area contributed by atoms with E-state index in [2.05, 4.69) is 38.7 Å². The topological polar surface area (TPSA) is 101 Å². The zero-order valence-electron chi connectivity index (χ0n) is 19.2. The second-order valence-corrected chi connectivity index (χ2v) is 9.28. The van der Waals surface area contributed by atoms with E-state index in [9.17, 15) is 14.7 Å². The maximum Gasteiger partial charge on any atom is 0.326 e. The van der Waals surface area contributed by atoms with Crippen LogP contribution in [0.25, 0.3) is 0 Å². The van der Waals surface area contributed by atoms with Crippen molar-refractivity contribution in [2.75, 3.05) is 25.1 Å². The van der Waals surface area contributed by atoms with Crippen LogP contribution in [0.5, 0.6) is 0 Å². The first kappa shape index (κ1) is 25.2. The summed E-state index contributed by atoms with van der Waals surface area (Å²) in [6.45, 7) is 5.48. The molecular formula is C25H32BrN3O4. The van der Waals surface area contributed by atoms with Crippen LogP contribution in [0.2, 0.25) is 0 Å². The number of hydrogen-bond donors (Lipinski definition) is 3. The fourth-order valence-corrected chi connectivity index (χ4v) is 4.31. The summed E-state index contributed by atoms with van der Waals surface area (Å²) in [5.41, 5.74) is 4.46. The largest absolute Gasteiger partial charge is 0.480 e. The Bertz CT molecular complexity index is 996. The minimum absolute atomic E-state index is 0.214. The lowest BCUT2D eigenvalue weighted by Gasteiger charge is -2.17. The highest BCUT2D eigenvalue weighted by atomic mass is 79.9. The Balaban J connectivity index is 1.38. The van der Waals surface area contributed by atoms with Gasteiger partial charge in [-0.3, -0.25) is 4.79 Å². The SMILES string of the molecule is Cc1ccc(Br)c(C)c1C(=O)NC(CCOCCCCc1ccc2c(n1)NCCC2)C(=O)O. The fourth-order valence-electron chi connectivity index (χ4n) is 3.98. The Morgan fingerprint density at radius 1 is 1.21 bits per heavy atom. The van der Waals surface area contributed by atoms with Gasteiger partial charge in [-0.2, -0.15) is 0 Å². The maximum absolute atomic E-state index is 12.7. The molecule has 0 aliphatic carbocycles. The van der Waals surface area contributed by atoms with Gasteiger partial charge in [0.15, 0.2) is 0 Å². The third kappa shape index (κ3) is 7.01. The molecule has 0 radical (unpaired) electrons. The van der Waals surface area contributed by atoms with Crippen LogP contribution in [0.1, 0.15) is 58.4 Å². The molecule has 0 fully saturated rings. The van der Waals surface area contributed by atoms with E-state index in [0.717, 1.165) is 65.8 Å². The zero-order valence-corrected chi connectivity index (χ0v) is 20.8. The van der Waals surface area contributed by atoms with Crippen molar-refractivity contribution in [3.05, 3.63) is 56.7 Å². The van der Waals surface area contributed by atoms with Gasteiger partial charge in [0.2, 0.25) is 0 Å². The van der Waals surface area contributed by atoms with Gasteiger partial charge in [-0.1, -0.05) is 28.1 Å². The van der Waals surface area contributed by atoms with Gasteiger partial charge in [-0.25, -0.2) is 9.78 Å². The molecule has 2 heterocycles. The van der Waals surface area contributed by atoms with Crippen molar-refractivity contribution >= 4 is 33.6 Å². The van der Waals surface area contributed by atoms with Crippen molar-refractivity contribution in [2.24, 2.45) is 0 Å². The highest BCUT2D eigenvalue weighted by Gasteiger charge is 2.23. The number of aliphatic carboxylic acids is 1. The van der Waals surface area contributed by atoms with Gasteiger partial charge >= 0.3 is 5.97 Å². The van der Waals surface area contributed by atoms with E-state index < -0.39 is 12.0 Å².